The third-order valence-electron chi connectivity index (χ3n) is 3.15. The van der Waals surface area contributed by atoms with Crippen LogP contribution in [0.4, 0.5) is 10.3 Å². The van der Waals surface area contributed by atoms with Crippen LogP contribution in [0.25, 0.3) is 0 Å². The Balaban J connectivity index is 2.21. The van der Waals surface area contributed by atoms with E-state index in [0.29, 0.717) is 11.1 Å². The monoisotopic (exact) mass is 288 g/mol. The van der Waals surface area contributed by atoms with E-state index in [1.54, 1.807) is 6.92 Å². The predicted molar refractivity (Wildman–Crippen MR) is 77.7 cm³/mol. The fraction of sp³-hybridized carbons (Fsp3) is 0.333. The lowest BCUT2D eigenvalue weighted by Crippen LogP contribution is -2.16. The van der Waals surface area contributed by atoms with Gasteiger partial charge in [0, 0.05) is 5.56 Å². The summed E-state index contributed by atoms with van der Waals surface area (Å²) in [6.07, 6.45) is 1.46. The van der Waals surface area contributed by atoms with Gasteiger partial charge in [0.1, 0.15) is 5.82 Å². The Kier molecular flexibility index (Phi) is 4.57. The first kappa shape index (κ1) is 15.0. The summed E-state index contributed by atoms with van der Waals surface area (Å²) in [4.78, 5) is 16.4. The van der Waals surface area contributed by atoms with Crippen molar-refractivity contribution in [1.82, 2.24) is 15.2 Å². The average molecular weight is 288 g/mol. The second-order valence-corrected chi connectivity index (χ2v) is 4.65. The van der Waals surface area contributed by atoms with Crippen LogP contribution >= 0.6 is 0 Å². The highest BCUT2D eigenvalue weighted by Crippen LogP contribution is 2.12. The van der Waals surface area contributed by atoms with Crippen LogP contribution in [0.15, 0.2) is 18.2 Å². The SMILES string of the molecule is CCc1nnc(NC(=O)c2ccc(F)c(C)c2)nc1CC. The molecule has 0 aliphatic rings. The van der Waals surface area contributed by atoms with Crippen molar-refractivity contribution in [2.24, 2.45) is 0 Å². The molecule has 110 valence electrons. The molecule has 0 saturated carbocycles. The summed E-state index contributed by atoms with van der Waals surface area (Å²) in [7, 11) is 0. The molecular weight excluding hydrogens is 271 g/mol. The van der Waals surface area contributed by atoms with Crippen LogP contribution in [-0.2, 0) is 12.8 Å². The summed E-state index contributed by atoms with van der Waals surface area (Å²) in [5, 5.41) is 10.5. The van der Waals surface area contributed by atoms with E-state index in [9.17, 15) is 9.18 Å². The van der Waals surface area contributed by atoms with Crippen molar-refractivity contribution >= 4 is 11.9 Å². The summed E-state index contributed by atoms with van der Waals surface area (Å²) in [5.41, 5.74) is 2.42. The van der Waals surface area contributed by atoms with Crippen molar-refractivity contribution in [1.29, 1.82) is 0 Å². The maximum absolute atomic E-state index is 13.2. The number of benzene rings is 1. The summed E-state index contributed by atoms with van der Waals surface area (Å²) >= 11 is 0. The number of carbonyl (C=O) groups excluding carboxylic acids is 1. The quantitative estimate of drug-likeness (QED) is 0.939. The molecule has 1 amide bonds. The second-order valence-electron chi connectivity index (χ2n) is 4.65. The van der Waals surface area contributed by atoms with E-state index in [4.69, 9.17) is 0 Å². The number of nitrogens with zero attached hydrogens (tertiary/aromatic N) is 3. The van der Waals surface area contributed by atoms with Gasteiger partial charge in [-0.15, -0.1) is 10.2 Å². The minimum Gasteiger partial charge on any atom is -0.289 e. The number of aromatic nitrogens is 3. The molecule has 2 rings (SSSR count). The second kappa shape index (κ2) is 6.39. The molecule has 2 aromatic rings. The van der Waals surface area contributed by atoms with Gasteiger partial charge in [-0.3, -0.25) is 10.1 Å². The Morgan fingerprint density at radius 2 is 1.90 bits per heavy atom. The molecule has 1 N–H and O–H groups in total. The first-order chi connectivity index (χ1) is 10.0. The molecule has 0 radical (unpaired) electrons. The molecule has 1 heterocycles. The van der Waals surface area contributed by atoms with Crippen molar-refractivity contribution in [3.63, 3.8) is 0 Å². The van der Waals surface area contributed by atoms with Gasteiger partial charge < -0.3 is 0 Å². The number of halogens is 1. The molecular formula is C15H17FN4O. The van der Waals surface area contributed by atoms with Crippen LogP contribution in [0, 0.1) is 12.7 Å². The van der Waals surface area contributed by atoms with Gasteiger partial charge in [0.05, 0.1) is 11.4 Å². The molecule has 0 saturated heterocycles. The molecule has 0 bridgehead atoms. The van der Waals surface area contributed by atoms with E-state index in [1.165, 1.54) is 18.2 Å². The van der Waals surface area contributed by atoms with Gasteiger partial charge in [0.25, 0.3) is 5.91 Å². The van der Waals surface area contributed by atoms with Crippen LogP contribution < -0.4 is 5.32 Å². The van der Waals surface area contributed by atoms with E-state index in [1.807, 2.05) is 13.8 Å². The first-order valence-electron chi connectivity index (χ1n) is 6.85. The standard InChI is InChI=1S/C15H17FN4O/c1-4-12-13(5-2)19-20-15(17-12)18-14(21)10-6-7-11(16)9(3)8-10/h6-8H,4-5H2,1-3H3,(H,17,18,20,21). The Bertz CT molecular complexity index is 673. The van der Waals surface area contributed by atoms with Gasteiger partial charge in [0.15, 0.2) is 0 Å². The molecule has 0 atom stereocenters. The number of carbonyl (C=O) groups is 1. The number of rotatable bonds is 4. The van der Waals surface area contributed by atoms with Gasteiger partial charge in [-0.2, -0.15) is 0 Å². The van der Waals surface area contributed by atoms with E-state index < -0.39 is 0 Å². The van der Waals surface area contributed by atoms with Crippen molar-refractivity contribution in [2.45, 2.75) is 33.6 Å². The Morgan fingerprint density at radius 3 is 2.52 bits per heavy atom. The fourth-order valence-electron chi connectivity index (χ4n) is 1.95. The average Bonchev–Trinajstić information content (AvgIpc) is 2.49. The molecule has 6 heteroatoms. The summed E-state index contributed by atoms with van der Waals surface area (Å²) in [5.74, 6) is -0.563. The van der Waals surface area contributed by atoms with Crippen LogP contribution in [0.2, 0.25) is 0 Å². The molecule has 1 aromatic heterocycles. The van der Waals surface area contributed by atoms with Crippen molar-refractivity contribution in [3.8, 4) is 0 Å². The van der Waals surface area contributed by atoms with Gasteiger partial charge in [-0.1, -0.05) is 13.8 Å². The maximum atomic E-state index is 13.2. The molecule has 5 nitrogen and oxygen atoms in total. The van der Waals surface area contributed by atoms with Gasteiger partial charge >= 0.3 is 0 Å². The Labute approximate surface area is 122 Å². The number of anilines is 1. The number of hydrogen-bond donors (Lipinski definition) is 1. The Hall–Kier alpha value is -2.37. The number of nitrogens with one attached hydrogen (secondary N) is 1. The van der Waals surface area contributed by atoms with Crippen molar-refractivity contribution in [3.05, 3.63) is 46.5 Å². The normalized spacial score (nSPS) is 10.5. The lowest BCUT2D eigenvalue weighted by atomic mass is 10.1. The van der Waals surface area contributed by atoms with E-state index in [0.717, 1.165) is 24.2 Å². The largest absolute Gasteiger partial charge is 0.289 e. The van der Waals surface area contributed by atoms with Crippen LogP contribution in [-0.4, -0.2) is 21.1 Å². The number of aryl methyl sites for hydroxylation is 3. The predicted octanol–water partition coefficient (Wildman–Crippen LogP) is 2.70. The highest BCUT2D eigenvalue weighted by Gasteiger charge is 2.12. The van der Waals surface area contributed by atoms with E-state index in [-0.39, 0.29) is 17.7 Å². The third-order valence-corrected chi connectivity index (χ3v) is 3.15. The van der Waals surface area contributed by atoms with Gasteiger partial charge in [-0.25, -0.2) is 9.37 Å². The topological polar surface area (TPSA) is 67.8 Å². The van der Waals surface area contributed by atoms with E-state index in [2.05, 4.69) is 20.5 Å². The molecule has 0 aliphatic heterocycles. The number of amides is 1. The highest BCUT2D eigenvalue weighted by molar-refractivity contribution is 6.03. The Morgan fingerprint density at radius 1 is 1.19 bits per heavy atom. The van der Waals surface area contributed by atoms with Crippen molar-refractivity contribution < 1.29 is 9.18 Å². The molecule has 0 fully saturated rings. The van der Waals surface area contributed by atoms with Crippen molar-refractivity contribution in [2.75, 3.05) is 5.32 Å². The smallest absolute Gasteiger partial charge is 0.258 e. The van der Waals surface area contributed by atoms with Crippen LogP contribution in [0.3, 0.4) is 0 Å². The minimum atomic E-state index is -0.383. The van der Waals surface area contributed by atoms with Crippen LogP contribution in [0.1, 0.15) is 41.2 Å². The molecule has 0 unspecified atom stereocenters. The lowest BCUT2D eigenvalue weighted by molar-refractivity contribution is 0.102. The summed E-state index contributed by atoms with van der Waals surface area (Å²) < 4.78 is 13.2. The zero-order valence-corrected chi connectivity index (χ0v) is 12.3. The number of hydrogen-bond acceptors (Lipinski definition) is 4. The molecule has 0 aliphatic carbocycles. The maximum Gasteiger partial charge on any atom is 0.258 e. The summed E-state index contributed by atoms with van der Waals surface area (Å²) in [6, 6.07) is 4.17. The lowest BCUT2D eigenvalue weighted by Gasteiger charge is -2.07. The minimum absolute atomic E-state index is 0.163. The highest BCUT2D eigenvalue weighted by atomic mass is 19.1. The third kappa shape index (κ3) is 3.39. The summed E-state index contributed by atoms with van der Waals surface area (Å²) in [6.45, 7) is 5.55. The fourth-order valence-corrected chi connectivity index (χ4v) is 1.95. The van der Waals surface area contributed by atoms with Crippen LogP contribution in [0.5, 0.6) is 0 Å². The molecule has 21 heavy (non-hydrogen) atoms. The zero-order chi connectivity index (χ0) is 15.4. The van der Waals surface area contributed by atoms with E-state index >= 15 is 0 Å². The van der Waals surface area contributed by atoms with Gasteiger partial charge in [-0.05, 0) is 43.5 Å². The zero-order valence-electron chi connectivity index (χ0n) is 12.3. The first-order valence-corrected chi connectivity index (χ1v) is 6.85. The van der Waals surface area contributed by atoms with Gasteiger partial charge in [0.2, 0.25) is 5.95 Å². The molecule has 1 aromatic carbocycles. The molecule has 0 spiro atoms.